The SMILES string of the molecule is C=C1C=C(C)c2ccc(NC(=O)OC(c3ccccc3)c3ccccc3)cc2O1. The normalized spacial score (nSPS) is 12.6. The number of carbonyl (C=O) groups is 1. The van der Waals surface area contributed by atoms with Crippen LogP contribution in [0.2, 0.25) is 0 Å². The molecule has 0 aliphatic carbocycles. The van der Waals surface area contributed by atoms with Crippen molar-refractivity contribution in [2.24, 2.45) is 0 Å². The number of hydrogen-bond acceptors (Lipinski definition) is 3. The lowest BCUT2D eigenvalue weighted by atomic mass is 10.0. The Morgan fingerprint density at radius 3 is 2.21 bits per heavy atom. The summed E-state index contributed by atoms with van der Waals surface area (Å²) in [7, 11) is 0. The monoisotopic (exact) mass is 383 g/mol. The molecule has 1 N–H and O–H groups in total. The molecule has 0 radical (unpaired) electrons. The van der Waals surface area contributed by atoms with Crippen LogP contribution in [0.15, 0.2) is 97.3 Å². The van der Waals surface area contributed by atoms with Crippen molar-refractivity contribution in [1.82, 2.24) is 0 Å². The van der Waals surface area contributed by atoms with Crippen LogP contribution < -0.4 is 10.1 Å². The molecule has 0 saturated carbocycles. The molecule has 0 atom stereocenters. The minimum atomic E-state index is -0.537. The van der Waals surface area contributed by atoms with Crippen LogP contribution >= 0.6 is 0 Å². The maximum atomic E-state index is 12.7. The average molecular weight is 383 g/mol. The smallest absolute Gasteiger partial charge is 0.412 e. The van der Waals surface area contributed by atoms with Crippen LogP contribution in [0.25, 0.3) is 5.57 Å². The Bertz CT molecular complexity index is 1030. The summed E-state index contributed by atoms with van der Waals surface area (Å²) in [4.78, 5) is 12.7. The molecule has 4 rings (SSSR count). The number of hydrogen-bond donors (Lipinski definition) is 1. The summed E-state index contributed by atoms with van der Waals surface area (Å²) in [6.07, 6.45) is 0.842. The van der Waals surface area contributed by atoms with E-state index in [1.165, 1.54) is 0 Å². The number of fused-ring (bicyclic) bond motifs is 1. The zero-order valence-corrected chi connectivity index (χ0v) is 16.1. The van der Waals surface area contributed by atoms with Crippen LogP contribution in [0.4, 0.5) is 10.5 Å². The van der Waals surface area contributed by atoms with E-state index < -0.39 is 12.2 Å². The summed E-state index contributed by atoms with van der Waals surface area (Å²) < 4.78 is 11.5. The summed E-state index contributed by atoms with van der Waals surface area (Å²) in [6, 6.07) is 24.9. The van der Waals surface area contributed by atoms with E-state index in [-0.39, 0.29) is 0 Å². The third kappa shape index (κ3) is 4.22. The zero-order valence-electron chi connectivity index (χ0n) is 16.1. The molecule has 3 aromatic carbocycles. The summed E-state index contributed by atoms with van der Waals surface area (Å²) in [5, 5.41) is 2.80. The molecule has 0 bridgehead atoms. The summed E-state index contributed by atoms with van der Waals surface area (Å²) in [6.45, 7) is 5.85. The molecule has 0 saturated heterocycles. The second-order valence-electron chi connectivity index (χ2n) is 6.84. The highest BCUT2D eigenvalue weighted by Crippen LogP contribution is 2.35. The van der Waals surface area contributed by atoms with Crippen LogP contribution in [-0.4, -0.2) is 6.09 Å². The number of rotatable bonds is 4. The third-order valence-electron chi connectivity index (χ3n) is 4.70. The van der Waals surface area contributed by atoms with E-state index in [4.69, 9.17) is 9.47 Å². The van der Waals surface area contributed by atoms with Gasteiger partial charge in [-0.1, -0.05) is 67.2 Å². The lowest BCUT2D eigenvalue weighted by Crippen LogP contribution is -2.18. The molecule has 29 heavy (non-hydrogen) atoms. The largest absolute Gasteiger partial charge is 0.457 e. The molecule has 0 unspecified atom stereocenters. The number of anilines is 1. The summed E-state index contributed by atoms with van der Waals surface area (Å²) in [5.41, 5.74) is 4.44. The van der Waals surface area contributed by atoms with E-state index in [9.17, 15) is 4.79 Å². The minimum absolute atomic E-state index is 0.503. The summed E-state index contributed by atoms with van der Waals surface area (Å²) in [5.74, 6) is 1.23. The molecule has 0 aromatic heterocycles. The predicted octanol–water partition coefficient (Wildman–Crippen LogP) is 6.33. The maximum Gasteiger partial charge on any atom is 0.412 e. The Hall–Kier alpha value is -3.79. The molecule has 1 aliphatic heterocycles. The van der Waals surface area contributed by atoms with Gasteiger partial charge in [-0.3, -0.25) is 5.32 Å². The number of ether oxygens (including phenoxy) is 2. The van der Waals surface area contributed by atoms with Crippen molar-refractivity contribution in [3.05, 3.63) is 114 Å². The lowest BCUT2D eigenvalue weighted by molar-refractivity contribution is 0.131. The Balaban J connectivity index is 1.54. The van der Waals surface area contributed by atoms with Crippen LogP contribution in [0.3, 0.4) is 0 Å². The highest BCUT2D eigenvalue weighted by molar-refractivity contribution is 5.86. The van der Waals surface area contributed by atoms with Crippen molar-refractivity contribution < 1.29 is 14.3 Å². The van der Waals surface area contributed by atoms with Gasteiger partial charge in [0.1, 0.15) is 11.5 Å². The Morgan fingerprint density at radius 1 is 0.966 bits per heavy atom. The van der Waals surface area contributed by atoms with E-state index in [0.29, 0.717) is 17.2 Å². The van der Waals surface area contributed by atoms with Gasteiger partial charge in [-0.25, -0.2) is 4.79 Å². The fraction of sp³-hybridized carbons (Fsp3) is 0.0800. The molecule has 4 nitrogen and oxygen atoms in total. The molecule has 1 heterocycles. The van der Waals surface area contributed by atoms with E-state index in [0.717, 1.165) is 22.3 Å². The predicted molar refractivity (Wildman–Crippen MR) is 115 cm³/mol. The van der Waals surface area contributed by atoms with Gasteiger partial charge in [0.25, 0.3) is 0 Å². The van der Waals surface area contributed by atoms with Crippen LogP contribution in [0.5, 0.6) is 5.75 Å². The average Bonchev–Trinajstić information content (AvgIpc) is 2.73. The lowest BCUT2D eigenvalue weighted by Gasteiger charge is -2.20. The fourth-order valence-corrected chi connectivity index (χ4v) is 3.34. The Labute approximate surface area is 170 Å². The maximum absolute atomic E-state index is 12.7. The first-order valence-corrected chi connectivity index (χ1v) is 9.37. The molecule has 144 valence electrons. The second-order valence-corrected chi connectivity index (χ2v) is 6.84. The van der Waals surface area contributed by atoms with Crippen molar-refractivity contribution in [3.63, 3.8) is 0 Å². The van der Waals surface area contributed by atoms with Gasteiger partial charge in [-0.05, 0) is 41.8 Å². The number of carbonyl (C=O) groups excluding carboxylic acids is 1. The highest BCUT2D eigenvalue weighted by Gasteiger charge is 2.20. The number of nitrogens with one attached hydrogen (secondary N) is 1. The van der Waals surface area contributed by atoms with Gasteiger partial charge < -0.3 is 9.47 Å². The fourth-order valence-electron chi connectivity index (χ4n) is 3.34. The first-order valence-electron chi connectivity index (χ1n) is 9.37. The van der Waals surface area contributed by atoms with E-state index in [2.05, 4.69) is 11.9 Å². The zero-order chi connectivity index (χ0) is 20.2. The van der Waals surface area contributed by atoms with Gasteiger partial charge in [-0.15, -0.1) is 0 Å². The quantitative estimate of drug-likeness (QED) is 0.572. The molecule has 1 aliphatic rings. The van der Waals surface area contributed by atoms with E-state index in [1.54, 1.807) is 6.07 Å². The molecule has 4 heteroatoms. The van der Waals surface area contributed by atoms with Gasteiger partial charge in [0.2, 0.25) is 0 Å². The van der Waals surface area contributed by atoms with Crippen LogP contribution in [0.1, 0.15) is 29.7 Å². The van der Waals surface area contributed by atoms with Gasteiger partial charge in [-0.2, -0.15) is 0 Å². The molecule has 1 amide bonds. The van der Waals surface area contributed by atoms with Crippen LogP contribution in [-0.2, 0) is 4.74 Å². The van der Waals surface area contributed by atoms with Crippen molar-refractivity contribution in [1.29, 1.82) is 0 Å². The van der Waals surface area contributed by atoms with Crippen LogP contribution in [0, 0.1) is 0 Å². The topological polar surface area (TPSA) is 47.6 Å². The molecular weight excluding hydrogens is 362 g/mol. The molecule has 3 aromatic rings. The third-order valence-corrected chi connectivity index (χ3v) is 4.70. The van der Waals surface area contributed by atoms with Crippen molar-refractivity contribution in [2.75, 3.05) is 5.32 Å². The van der Waals surface area contributed by atoms with Gasteiger partial charge in [0.15, 0.2) is 6.10 Å². The van der Waals surface area contributed by atoms with E-state index >= 15 is 0 Å². The number of allylic oxidation sites excluding steroid dienone is 2. The summed E-state index contributed by atoms with van der Waals surface area (Å²) >= 11 is 0. The minimum Gasteiger partial charge on any atom is -0.457 e. The highest BCUT2D eigenvalue weighted by atomic mass is 16.6. The number of benzene rings is 3. The van der Waals surface area contributed by atoms with Crippen molar-refractivity contribution >= 4 is 17.4 Å². The standard InChI is InChI=1S/C25H21NO3/c1-17-15-18(2)28-23-16-21(13-14-22(17)23)26-25(27)29-24(19-9-5-3-6-10-19)20-11-7-4-8-12-20/h3-16,24H,2H2,1H3,(H,26,27). The van der Waals surface area contributed by atoms with Crippen molar-refractivity contribution in [3.8, 4) is 5.75 Å². The molecule has 0 fully saturated rings. The Kier molecular flexibility index (Phi) is 5.16. The molecule has 0 spiro atoms. The van der Waals surface area contributed by atoms with Gasteiger partial charge in [0, 0.05) is 17.3 Å². The van der Waals surface area contributed by atoms with Crippen molar-refractivity contribution in [2.45, 2.75) is 13.0 Å². The second kappa shape index (κ2) is 8.07. The first kappa shape index (κ1) is 18.6. The van der Waals surface area contributed by atoms with E-state index in [1.807, 2.05) is 85.8 Å². The Morgan fingerprint density at radius 2 is 1.59 bits per heavy atom. The first-order chi connectivity index (χ1) is 14.1. The van der Waals surface area contributed by atoms with Gasteiger partial charge in [0.05, 0.1) is 0 Å². The molecular formula is C25H21NO3. The number of amides is 1. The van der Waals surface area contributed by atoms with Gasteiger partial charge >= 0.3 is 6.09 Å².